The standard InChI is InChI=1S/C31H32N6O6S2/c1-37-24(30(42)32-12-6-11-22-25(38)13-18-7-2-4-9-20(18)34-22)17-45-44-16-23(29(41)33-15-27(37)40)36-31(43)28-26(39)14-19-8-3-5-10-21(19)35-28/h2-5,7-10,13-14,23-24,38-39H,6,11-12,15-17H2,1H3,(H,32,42)(H,33,41)(H,36,43)/t23-,24+/m1/s1. The van der Waals surface area contributed by atoms with E-state index in [9.17, 15) is 29.4 Å². The van der Waals surface area contributed by atoms with Gasteiger partial charge in [0.2, 0.25) is 17.7 Å². The molecule has 2 atom stereocenters. The molecule has 12 nitrogen and oxygen atoms in total. The number of carbonyl (C=O) groups is 4. The summed E-state index contributed by atoms with van der Waals surface area (Å²) in [6.07, 6.45) is 0.975. The molecule has 0 spiro atoms. The number of para-hydroxylation sites is 2. The van der Waals surface area contributed by atoms with E-state index in [1.807, 2.05) is 24.3 Å². The number of rotatable bonds is 7. The monoisotopic (exact) mass is 648 g/mol. The molecule has 1 saturated heterocycles. The molecule has 5 rings (SSSR count). The number of nitrogens with one attached hydrogen (secondary N) is 3. The van der Waals surface area contributed by atoms with Gasteiger partial charge in [-0.25, -0.2) is 9.97 Å². The number of hydrogen-bond acceptors (Lipinski definition) is 10. The van der Waals surface area contributed by atoms with Crippen LogP contribution in [0.4, 0.5) is 0 Å². The third-order valence-corrected chi connectivity index (χ3v) is 9.74. The normalized spacial score (nSPS) is 17.8. The number of fused-ring (bicyclic) bond motifs is 2. The van der Waals surface area contributed by atoms with Crippen molar-refractivity contribution in [3.8, 4) is 11.5 Å². The fourth-order valence-electron chi connectivity index (χ4n) is 4.77. The van der Waals surface area contributed by atoms with E-state index in [1.54, 1.807) is 30.3 Å². The summed E-state index contributed by atoms with van der Waals surface area (Å²) in [6, 6.07) is 15.8. The highest BCUT2D eigenvalue weighted by molar-refractivity contribution is 8.76. The fraction of sp³-hybridized carbons (Fsp3) is 0.290. The van der Waals surface area contributed by atoms with E-state index in [0.717, 1.165) is 10.9 Å². The summed E-state index contributed by atoms with van der Waals surface area (Å²) in [7, 11) is 4.08. The van der Waals surface area contributed by atoms with Crippen LogP contribution in [0.3, 0.4) is 0 Å². The van der Waals surface area contributed by atoms with Gasteiger partial charge in [0, 0.05) is 35.9 Å². The van der Waals surface area contributed by atoms with Gasteiger partial charge in [0.05, 0.1) is 23.3 Å². The Morgan fingerprint density at radius 3 is 2.33 bits per heavy atom. The van der Waals surface area contributed by atoms with Gasteiger partial charge >= 0.3 is 0 Å². The van der Waals surface area contributed by atoms with Gasteiger partial charge in [0.1, 0.15) is 23.6 Å². The Labute approximate surface area is 266 Å². The maximum atomic E-state index is 13.1. The van der Waals surface area contributed by atoms with Crippen LogP contribution in [0.1, 0.15) is 22.6 Å². The van der Waals surface area contributed by atoms with E-state index in [0.29, 0.717) is 36.0 Å². The SMILES string of the molecule is CN1C(=O)CNC(=O)[C@H](NC(=O)c2nc3ccccc3cc2O)CSSC[C@H]1C(=O)NCCCc1nc2ccccc2cc1O. The first-order valence-electron chi connectivity index (χ1n) is 14.2. The minimum atomic E-state index is -1.02. The molecule has 45 heavy (non-hydrogen) atoms. The van der Waals surface area contributed by atoms with Crippen molar-refractivity contribution in [1.29, 1.82) is 0 Å². The molecule has 1 aliphatic heterocycles. The lowest BCUT2D eigenvalue weighted by Crippen LogP contribution is -2.53. The molecule has 2 aromatic carbocycles. The Morgan fingerprint density at radius 2 is 1.60 bits per heavy atom. The summed E-state index contributed by atoms with van der Waals surface area (Å²) in [5.41, 5.74) is 1.62. The molecule has 0 unspecified atom stereocenters. The minimum absolute atomic E-state index is 0.101. The molecule has 0 aliphatic carbocycles. The van der Waals surface area contributed by atoms with Gasteiger partial charge in [0.25, 0.3) is 5.91 Å². The lowest BCUT2D eigenvalue weighted by molar-refractivity contribution is -0.138. The highest BCUT2D eigenvalue weighted by Crippen LogP contribution is 2.26. The molecule has 0 bridgehead atoms. The summed E-state index contributed by atoms with van der Waals surface area (Å²) >= 11 is 0. The highest BCUT2D eigenvalue weighted by atomic mass is 33.1. The van der Waals surface area contributed by atoms with Crippen LogP contribution >= 0.6 is 21.6 Å². The first-order chi connectivity index (χ1) is 21.7. The lowest BCUT2D eigenvalue weighted by Gasteiger charge is -2.26. The van der Waals surface area contributed by atoms with E-state index in [2.05, 4.69) is 25.9 Å². The number of nitrogens with zero attached hydrogens (tertiary/aromatic N) is 3. The highest BCUT2D eigenvalue weighted by Gasteiger charge is 2.30. The number of aryl methyl sites for hydroxylation is 1. The van der Waals surface area contributed by atoms with Crippen molar-refractivity contribution in [2.45, 2.75) is 24.9 Å². The quantitative estimate of drug-likeness (QED) is 0.148. The van der Waals surface area contributed by atoms with E-state index >= 15 is 0 Å². The van der Waals surface area contributed by atoms with Crippen molar-refractivity contribution in [2.24, 2.45) is 0 Å². The molecule has 1 fully saturated rings. The van der Waals surface area contributed by atoms with Gasteiger partial charge in [-0.15, -0.1) is 0 Å². The second kappa shape index (κ2) is 14.5. The average molecular weight is 649 g/mol. The van der Waals surface area contributed by atoms with Gasteiger partial charge in [-0.05, 0) is 37.1 Å². The van der Waals surface area contributed by atoms with Crippen LogP contribution in [-0.2, 0) is 20.8 Å². The predicted octanol–water partition coefficient (Wildman–Crippen LogP) is 2.38. The van der Waals surface area contributed by atoms with Gasteiger partial charge < -0.3 is 31.1 Å². The summed E-state index contributed by atoms with van der Waals surface area (Å²) in [5, 5.41) is 30.3. The van der Waals surface area contributed by atoms with Crippen LogP contribution in [0.15, 0.2) is 60.7 Å². The Hall–Kier alpha value is -4.56. The second-order valence-corrected chi connectivity index (χ2v) is 13.0. The maximum absolute atomic E-state index is 13.1. The van der Waals surface area contributed by atoms with Gasteiger partial charge in [-0.2, -0.15) is 0 Å². The molecule has 234 valence electrons. The third kappa shape index (κ3) is 7.75. The molecular formula is C31H32N6O6S2. The summed E-state index contributed by atoms with van der Waals surface area (Å²) in [4.78, 5) is 62.1. The number of amides is 4. The van der Waals surface area contributed by atoms with Crippen LogP contribution in [0.25, 0.3) is 21.8 Å². The number of pyridine rings is 2. The van der Waals surface area contributed by atoms with Crippen molar-refractivity contribution >= 4 is 67.0 Å². The number of hydrogen-bond donors (Lipinski definition) is 5. The topological polar surface area (TPSA) is 174 Å². The summed E-state index contributed by atoms with van der Waals surface area (Å²) in [5.74, 6) is -1.95. The number of aromatic nitrogens is 2. The number of carbonyl (C=O) groups excluding carboxylic acids is 4. The molecule has 0 saturated carbocycles. The molecule has 5 N–H and O–H groups in total. The van der Waals surface area contributed by atoms with Crippen molar-refractivity contribution in [3.63, 3.8) is 0 Å². The number of likely N-dealkylation sites (N-methyl/N-ethyl adjacent to an activating group) is 1. The molecule has 4 amide bonds. The minimum Gasteiger partial charge on any atom is -0.506 e. The summed E-state index contributed by atoms with van der Waals surface area (Å²) in [6.45, 7) is -0.0587. The molecular weight excluding hydrogens is 617 g/mol. The third-order valence-electron chi connectivity index (χ3n) is 7.33. The largest absolute Gasteiger partial charge is 0.506 e. The van der Waals surface area contributed by atoms with Crippen molar-refractivity contribution < 1.29 is 29.4 Å². The van der Waals surface area contributed by atoms with Gasteiger partial charge in [-0.3, -0.25) is 19.2 Å². The zero-order chi connectivity index (χ0) is 31.9. The zero-order valence-electron chi connectivity index (χ0n) is 24.4. The van der Waals surface area contributed by atoms with Crippen LogP contribution in [-0.4, -0.2) is 92.4 Å². The van der Waals surface area contributed by atoms with Crippen LogP contribution in [0, 0.1) is 0 Å². The Balaban J connectivity index is 1.17. The molecule has 14 heteroatoms. The van der Waals surface area contributed by atoms with E-state index < -0.39 is 29.8 Å². The van der Waals surface area contributed by atoms with Gasteiger partial charge in [0.15, 0.2) is 5.69 Å². The van der Waals surface area contributed by atoms with Crippen LogP contribution in [0.2, 0.25) is 0 Å². The van der Waals surface area contributed by atoms with E-state index in [-0.39, 0.29) is 41.2 Å². The summed E-state index contributed by atoms with van der Waals surface area (Å²) < 4.78 is 0. The van der Waals surface area contributed by atoms with Crippen LogP contribution in [0.5, 0.6) is 11.5 Å². The predicted molar refractivity (Wildman–Crippen MR) is 174 cm³/mol. The maximum Gasteiger partial charge on any atom is 0.274 e. The van der Waals surface area contributed by atoms with Crippen molar-refractivity contribution in [2.75, 3.05) is 31.6 Å². The Bertz CT molecular complexity index is 1750. The smallest absolute Gasteiger partial charge is 0.274 e. The Kier molecular flexibility index (Phi) is 10.2. The molecule has 3 heterocycles. The van der Waals surface area contributed by atoms with Crippen molar-refractivity contribution in [1.82, 2.24) is 30.8 Å². The second-order valence-electron chi connectivity index (χ2n) is 10.4. The van der Waals surface area contributed by atoms with E-state index in [4.69, 9.17) is 0 Å². The fourth-order valence-corrected chi connectivity index (χ4v) is 7.21. The lowest BCUT2D eigenvalue weighted by atomic mass is 10.1. The van der Waals surface area contributed by atoms with Gasteiger partial charge in [-0.1, -0.05) is 58.0 Å². The first-order valence-corrected chi connectivity index (χ1v) is 16.7. The molecule has 1 aliphatic rings. The average Bonchev–Trinajstić information content (AvgIpc) is 3.05. The number of benzene rings is 2. The van der Waals surface area contributed by atoms with Crippen molar-refractivity contribution in [3.05, 3.63) is 72.1 Å². The molecule has 4 aromatic rings. The number of aromatic hydroxyl groups is 2. The molecule has 0 radical (unpaired) electrons. The van der Waals surface area contributed by atoms with E-state index in [1.165, 1.54) is 39.6 Å². The van der Waals surface area contributed by atoms with Crippen LogP contribution < -0.4 is 16.0 Å². The molecule has 2 aromatic heterocycles. The Morgan fingerprint density at radius 1 is 0.956 bits per heavy atom. The zero-order valence-corrected chi connectivity index (χ0v) is 26.0. The first kappa shape index (κ1) is 31.9.